The highest BCUT2D eigenvalue weighted by Crippen LogP contribution is 2.18. The topological polar surface area (TPSA) is 157 Å². The smallest absolute Gasteiger partial charge is 0.115 e. The van der Waals surface area contributed by atoms with E-state index in [0.29, 0.717) is 19.6 Å². The standard InChI is InChI=1S/2C12H19NO2.C11H17NO2/c1-12(2,3)13-8-11(15)9-4-6-10(14)7-5-9;1-2-3-8-13-9-12(15)10-4-6-11(14)7-5-10;1-2-7-12-8-11(14)9-3-5-10(13)6-4-9/h4-7,11,13-15H,8H2,1-3H3;4-7,12-15H,2-3,8-9H2,1H3;3-6,11-14H,2,7-8H2,1H3. The summed E-state index contributed by atoms with van der Waals surface area (Å²) < 4.78 is 0. The van der Waals surface area contributed by atoms with Gasteiger partial charge in [0.1, 0.15) is 17.2 Å². The minimum atomic E-state index is -0.537. The third kappa shape index (κ3) is 17.8. The third-order valence-corrected chi connectivity index (χ3v) is 6.47. The third-order valence-electron chi connectivity index (χ3n) is 6.47. The number of phenolic OH excluding ortho intramolecular Hbond substituents is 3. The molecule has 0 aliphatic carbocycles. The molecule has 3 atom stereocenters. The van der Waals surface area contributed by atoms with Gasteiger partial charge in [-0.2, -0.15) is 0 Å². The van der Waals surface area contributed by atoms with Crippen molar-refractivity contribution in [3.8, 4) is 17.2 Å². The first-order chi connectivity index (χ1) is 20.9. The molecular weight excluding hydrogens is 558 g/mol. The Bertz CT molecular complexity index is 1120. The lowest BCUT2D eigenvalue weighted by atomic mass is 10.1. The van der Waals surface area contributed by atoms with Crippen LogP contribution in [0.1, 0.15) is 88.9 Å². The molecule has 3 aromatic rings. The van der Waals surface area contributed by atoms with Crippen molar-refractivity contribution < 1.29 is 30.6 Å². The van der Waals surface area contributed by atoms with Gasteiger partial charge in [0, 0.05) is 25.2 Å². The highest BCUT2D eigenvalue weighted by atomic mass is 16.3. The van der Waals surface area contributed by atoms with Gasteiger partial charge in [0.15, 0.2) is 0 Å². The SMILES string of the molecule is CC(C)(C)NCC(O)c1ccc(O)cc1.CCCCNCC(O)c1ccc(O)cc1.CCCNCC(O)c1ccc(O)cc1. The number of nitrogens with one attached hydrogen (secondary N) is 3. The number of rotatable bonds is 14. The fourth-order valence-corrected chi connectivity index (χ4v) is 3.80. The molecule has 3 rings (SSSR count). The van der Waals surface area contributed by atoms with Gasteiger partial charge in [0.25, 0.3) is 0 Å². The number of phenols is 3. The van der Waals surface area contributed by atoms with E-state index in [9.17, 15) is 15.3 Å². The molecular formula is C35H55N3O6. The predicted molar refractivity (Wildman–Crippen MR) is 178 cm³/mol. The first kappa shape index (κ1) is 38.8. The van der Waals surface area contributed by atoms with Crippen LogP contribution < -0.4 is 16.0 Å². The summed E-state index contributed by atoms with van der Waals surface area (Å²) in [7, 11) is 0. The summed E-state index contributed by atoms with van der Waals surface area (Å²) in [5, 5.41) is 66.1. The first-order valence-corrected chi connectivity index (χ1v) is 15.4. The van der Waals surface area contributed by atoms with Gasteiger partial charge in [0.05, 0.1) is 18.3 Å². The molecule has 0 amide bonds. The van der Waals surface area contributed by atoms with E-state index in [1.165, 1.54) is 0 Å². The fraction of sp³-hybridized carbons (Fsp3) is 0.486. The molecule has 9 heteroatoms. The molecule has 0 bridgehead atoms. The van der Waals surface area contributed by atoms with Crippen molar-refractivity contribution in [1.82, 2.24) is 16.0 Å². The van der Waals surface area contributed by atoms with Crippen LogP contribution in [0.3, 0.4) is 0 Å². The Balaban J connectivity index is 0.000000330. The lowest BCUT2D eigenvalue weighted by molar-refractivity contribution is 0.163. The molecule has 9 N–H and O–H groups in total. The average molecular weight is 614 g/mol. The largest absolute Gasteiger partial charge is 0.508 e. The number of unbranched alkanes of at least 4 members (excludes halogenated alkanes) is 1. The van der Waals surface area contributed by atoms with Crippen molar-refractivity contribution in [1.29, 1.82) is 0 Å². The van der Waals surface area contributed by atoms with E-state index < -0.39 is 18.3 Å². The van der Waals surface area contributed by atoms with Gasteiger partial charge < -0.3 is 46.6 Å². The van der Waals surface area contributed by atoms with Crippen LogP contribution in [0.2, 0.25) is 0 Å². The van der Waals surface area contributed by atoms with Crippen molar-refractivity contribution in [2.45, 2.75) is 77.7 Å². The van der Waals surface area contributed by atoms with E-state index in [-0.39, 0.29) is 22.8 Å². The van der Waals surface area contributed by atoms with E-state index in [0.717, 1.165) is 49.0 Å². The first-order valence-electron chi connectivity index (χ1n) is 15.4. The van der Waals surface area contributed by atoms with Gasteiger partial charge in [0.2, 0.25) is 0 Å². The normalized spacial score (nSPS) is 13.1. The lowest BCUT2D eigenvalue weighted by Gasteiger charge is -2.23. The van der Waals surface area contributed by atoms with Crippen LogP contribution in [0.5, 0.6) is 17.2 Å². The van der Waals surface area contributed by atoms with Gasteiger partial charge in [-0.1, -0.05) is 56.7 Å². The van der Waals surface area contributed by atoms with Gasteiger partial charge in [-0.05, 0) is 99.8 Å². The zero-order valence-corrected chi connectivity index (χ0v) is 27.0. The highest BCUT2D eigenvalue weighted by molar-refractivity contribution is 5.29. The molecule has 44 heavy (non-hydrogen) atoms. The Labute approximate surface area is 263 Å². The van der Waals surface area contributed by atoms with Gasteiger partial charge in [-0.15, -0.1) is 0 Å². The molecule has 3 aromatic carbocycles. The van der Waals surface area contributed by atoms with Crippen molar-refractivity contribution in [3.05, 3.63) is 89.5 Å². The molecule has 246 valence electrons. The monoisotopic (exact) mass is 613 g/mol. The van der Waals surface area contributed by atoms with Crippen molar-refractivity contribution in [2.24, 2.45) is 0 Å². The van der Waals surface area contributed by atoms with Crippen molar-refractivity contribution in [2.75, 3.05) is 32.7 Å². The quantitative estimate of drug-likeness (QED) is 0.113. The predicted octanol–water partition coefficient (Wildman–Crippen LogP) is 5.05. The number of aliphatic hydroxyl groups is 3. The maximum atomic E-state index is 9.83. The van der Waals surface area contributed by atoms with Gasteiger partial charge >= 0.3 is 0 Å². The molecule has 0 spiro atoms. The van der Waals surface area contributed by atoms with Crippen molar-refractivity contribution >= 4 is 0 Å². The summed E-state index contributed by atoms with van der Waals surface area (Å²) in [5.74, 6) is 0.669. The van der Waals surface area contributed by atoms with Crippen LogP contribution in [-0.4, -0.2) is 68.9 Å². The Morgan fingerprint density at radius 2 is 0.864 bits per heavy atom. The molecule has 0 aliphatic rings. The van der Waals surface area contributed by atoms with Crippen LogP contribution in [0.25, 0.3) is 0 Å². The molecule has 0 heterocycles. The maximum absolute atomic E-state index is 9.83. The molecule has 0 aliphatic heterocycles. The summed E-state index contributed by atoms with van der Waals surface area (Å²) in [4.78, 5) is 0. The average Bonchev–Trinajstić information content (AvgIpc) is 2.99. The molecule has 0 radical (unpaired) electrons. The second-order valence-corrected chi connectivity index (χ2v) is 11.7. The number of hydrogen-bond donors (Lipinski definition) is 9. The number of β-amino-alcohol motifs (C(OH)–C–C–N with tert-alkyl or cyclic N) is 1. The second kappa shape index (κ2) is 21.5. The van der Waals surface area contributed by atoms with E-state index in [4.69, 9.17) is 15.3 Å². The van der Waals surface area contributed by atoms with E-state index in [2.05, 4.69) is 50.6 Å². The van der Waals surface area contributed by atoms with E-state index >= 15 is 0 Å². The van der Waals surface area contributed by atoms with E-state index in [1.54, 1.807) is 72.8 Å². The number of benzene rings is 3. The zero-order valence-electron chi connectivity index (χ0n) is 27.0. The molecule has 0 fully saturated rings. The minimum absolute atomic E-state index is 0.00208. The Kier molecular flexibility index (Phi) is 19.0. The summed E-state index contributed by atoms with van der Waals surface area (Å²) in [6.45, 7) is 13.8. The summed E-state index contributed by atoms with van der Waals surface area (Å²) in [6, 6.07) is 19.9. The number of hydrogen-bond acceptors (Lipinski definition) is 9. The molecule has 9 nitrogen and oxygen atoms in total. The molecule has 0 saturated heterocycles. The Hall–Kier alpha value is -3.18. The minimum Gasteiger partial charge on any atom is -0.508 e. The molecule has 3 unspecified atom stereocenters. The fourth-order valence-electron chi connectivity index (χ4n) is 3.80. The van der Waals surface area contributed by atoms with Crippen LogP contribution in [-0.2, 0) is 0 Å². The summed E-state index contributed by atoms with van der Waals surface area (Å²) in [6.07, 6.45) is 1.81. The lowest BCUT2D eigenvalue weighted by Crippen LogP contribution is -2.38. The van der Waals surface area contributed by atoms with Gasteiger partial charge in [-0.3, -0.25) is 0 Å². The molecule has 0 saturated carbocycles. The summed E-state index contributed by atoms with van der Waals surface area (Å²) >= 11 is 0. The van der Waals surface area contributed by atoms with Gasteiger partial charge in [-0.25, -0.2) is 0 Å². The number of aromatic hydroxyl groups is 3. The second-order valence-electron chi connectivity index (χ2n) is 11.7. The van der Waals surface area contributed by atoms with Crippen LogP contribution in [0, 0.1) is 0 Å². The Morgan fingerprint density at radius 3 is 1.18 bits per heavy atom. The number of aliphatic hydroxyl groups excluding tert-OH is 3. The van der Waals surface area contributed by atoms with Crippen LogP contribution in [0.4, 0.5) is 0 Å². The maximum Gasteiger partial charge on any atom is 0.115 e. The van der Waals surface area contributed by atoms with E-state index in [1.807, 2.05) is 0 Å². The highest BCUT2D eigenvalue weighted by Gasteiger charge is 2.13. The zero-order chi connectivity index (χ0) is 33.0. The Morgan fingerprint density at radius 1 is 0.523 bits per heavy atom. The van der Waals surface area contributed by atoms with Crippen LogP contribution in [0.15, 0.2) is 72.8 Å². The van der Waals surface area contributed by atoms with Crippen molar-refractivity contribution in [3.63, 3.8) is 0 Å². The summed E-state index contributed by atoms with van der Waals surface area (Å²) in [5.41, 5.74) is 2.46. The van der Waals surface area contributed by atoms with Crippen LogP contribution >= 0.6 is 0 Å². The molecule has 0 aromatic heterocycles.